The Labute approximate surface area is 331 Å². The molecule has 276 valence electrons. The van der Waals surface area contributed by atoms with Crippen LogP contribution in [-0.4, -0.2) is 0 Å². The van der Waals surface area contributed by atoms with E-state index in [1.165, 1.54) is 72.3 Å². The zero-order valence-corrected chi connectivity index (χ0v) is 34.1. The Morgan fingerprint density at radius 1 is 0.482 bits per heavy atom. The summed E-state index contributed by atoms with van der Waals surface area (Å²) >= 11 is 0. The lowest BCUT2D eigenvalue weighted by Gasteiger charge is -2.30. The molecule has 0 radical (unpaired) electrons. The second-order valence-corrected chi connectivity index (χ2v) is 18.4. The smallest absolute Gasteiger partial charge is 0.159 e. The highest BCUT2D eigenvalue weighted by atomic mass is 16.3. The largest absolute Gasteiger partial charge is 0.454 e. The molecular formula is C54H49NO. The van der Waals surface area contributed by atoms with E-state index in [9.17, 15) is 0 Å². The number of rotatable bonds is 4. The van der Waals surface area contributed by atoms with Crippen molar-refractivity contribution in [1.29, 1.82) is 0 Å². The fourth-order valence-corrected chi connectivity index (χ4v) is 10.0. The molecule has 1 heterocycles. The average Bonchev–Trinajstić information content (AvgIpc) is 3.74. The summed E-state index contributed by atoms with van der Waals surface area (Å²) in [6, 6.07) is 50.3. The van der Waals surface area contributed by atoms with E-state index < -0.39 is 0 Å². The molecule has 1 aromatic heterocycles. The van der Waals surface area contributed by atoms with Gasteiger partial charge in [-0.1, -0.05) is 151 Å². The second kappa shape index (κ2) is 11.8. The normalized spacial score (nSPS) is 14.8. The maximum absolute atomic E-state index is 7.23. The van der Waals surface area contributed by atoms with Gasteiger partial charge in [0.2, 0.25) is 0 Å². The first-order valence-electron chi connectivity index (χ1n) is 20.1. The average molecular weight is 728 g/mol. The van der Waals surface area contributed by atoms with Crippen LogP contribution in [0.15, 0.2) is 138 Å². The van der Waals surface area contributed by atoms with Crippen molar-refractivity contribution in [2.75, 3.05) is 4.90 Å². The Kier molecular flexibility index (Phi) is 7.31. The van der Waals surface area contributed by atoms with Crippen LogP contribution in [0.4, 0.5) is 17.1 Å². The van der Waals surface area contributed by atoms with Crippen LogP contribution in [0, 0.1) is 13.8 Å². The van der Waals surface area contributed by atoms with Crippen LogP contribution in [0.2, 0.25) is 0 Å². The molecule has 0 unspecified atom stereocenters. The highest BCUT2D eigenvalue weighted by Gasteiger charge is 2.38. The SMILES string of the molecule is Cc1ccc(-c2cc(N(c3ccc4c(c3)C(C)(C)c3ccccc3-4)c3ccc4c(c3)C(C)(C)c3ccccc3-4)c3oc4c(C(C)(C)C)cccc4c3c2)c(C)c1. The predicted molar refractivity (Wildman–Crippen MR) is 237 cm³/mol. The van der Waals surface area contributed by atoms with Gasteiger partial charge in [-0.25, -0.2) is 0 Å². The van der Waals surface area contributed by atoms with Gasteiger partial charge >= 0.3 is 0 Å². The third kappa shape index (κ3) is 4.94. The Morgan fingerprint density at radius 3 is 1.61 bits per heavy atom. The van der Waals surface area contributed by atoms with E-state index >= 15 is 0 Å². The van der Waals surface area contributed by atoms with E-state index in [0.717, 1.165) is 39.0 Å². The van der Waals surface area contributed by atoms with Crippen LogP contribution in [-0.2, 0) is 16.2 Å². The summed E-state index contributed by atoms with van der Waals surface area (Å²) in [7, 11) is 0. The Balaban J connectivity index is 1.30. The van der Waals surface area contributed by atoms with Gasteiger partial charge in [0.15, 0.2) is 5.58 Å². The van der Waals surface area contributed by atoms with Gasteiger partial charge in [0.25, 0.3) is 0 Å². The van der Waals surface area contributed by atoms with Crippen molar-refractivity contribution in [1.82, 2.24) is 0 Å². The number of para-hydroxylation sites is 1. The van der Waals surface area contributed by atoms with E-state index in [2.05, 4.69) is 201 Å². The number of furan rings is 1. The van der Waals surface area contributed by atoms with Crippen LogP contribution in [0.3, 0.4) is 0 Å². The first kappa shape index (κ1) is 34.6. The molecule has 0 bridgehead atoms. The molecule has 10 rings (SSSR count). The molecular weight excluding hydrogens is 679 g/mol. The number of anilines is 3. The molecule has 2 heteroatoms. The minimum atomic E-state index is -0.146. The zero-order valence-electron chi connectivity index (χ0n) is 34.1. The number of benzene rings is 7. The van der Waals surface area contributed by atoms with Gasteiger partial charge in [-0.2, -0.15) is 0 Å². The predicted octanol–water partition coefficient (Wildman–Crippen LogP) is 15.2. The lowest BCUT2D eigenvalue weighted by atomic mass is 9.82. The summed E-state index contributed by atoms with van der Waals surface area (Å²) in [5, 5.41) is 2.28. The highest BCUT2D eigenvalue weighted by molar-refractivity contribution is 6.13. The summed E-state index contributed by atoms with van der Waals surface area (Å²) in [5.41, 5.74) is 21.6. The van der Waals surface area contributed by atoms with Crippen molar-refractivity contribution < 1.29 is 4.42 Å². The summed E-state index contributed by atoms with van der Waals surface area (Å²) < 4.78 is 7.23. The van der Waals surface area contributed by atoms with Gasteiger partial charge in [-0.15, -0.1) is 0 Å². The minimum absolute atomic E-state index is 0.0925. The Hall–Kier alpha value is -5.86. The Bertz CT molecular complexity index is 2820. The molecule has 0 N–H and O–H groups in total. The van der Waals surface area contributed by atoms with Crippen LogP contribution in [0.1, 0.15) is 87.4 Å². The monoisotopic (exact) mass is 727 g/mol. The standard InChI is InChI=1S/C54H49NO/c1-32-21-24-37(33(2)27-32)34-28-43-42-17-14-20-46(52(3,4)5)50(42)56-51(43)49(29-34)55(35-22-25-40-38-15-10-12-18-44(38)53(6,7)47(40)30-35)36-23-26-41-39-16-11-13-19-45(39)54(8,9)48(41)31-36/h10-31H,1-9H3. The molecule has 0 saturated carbocycles. The molecule has 56 heavy (non-hydrogen) atoms. The maximum Gasteiger partial charge on any atom is 0.159 e. The molecule has 2 aliphatic carbocycles. The summed E-state index contributed by atoms with van der Waals surface area (Å²) in [6.45, 7) is 20.7. The molecule has 0 fully saturated rings. The van der Waals surface area contributed by atoms with Gasteiger partial charge in [0.05, 0.1) is 5.69 Å². The number of hydrogen-bond donors (Lipinski definition) is 0. The zero-order chi connectivity index (χ0) is 38.9. The quantitative estimate of drug-likeness (QED) is 0.179. The number of aryl methyl sites for hydroxylation is 2. The molecule has 2 nitrogen and oxygen atoms in total. The first-order chi connectivity index (χ1) is 26.7. The molecule has 8 aromatic rings. The van der Waals surface area contributed by atoms with Crippen LogP contribution in [0.25, 0.3) is 55.3 Å². The van der Waals surface area contributed by atoms with Gasteiger partial charge < -0.3 is 9.32 Å². The second-order valence-electron chi connectivity index (χ2n) is 18.4. The van der Waals surface area contributed by atoms with Crippen LogP contribution in [0.5, 0.6) is 0 Å². The van der Waals surface area contributed by atoms with Crippen molar-refractivity contribution in [2.45, 2.75) is 78.6 Å². The van der Waals surface area contributed by atoms with Crippen molar-refractivity contribution in [3.63, 3.8) is 0 Å². The van der Waals surface area contributed by atoms with Gasteiger partial charge in [-0.3, -0.25) is 0 Å². The molecule has 2 aliphatic rings. The third-order valence-electron chi connectivity index (χ3n) is 13.0. The van der Waals surface area contributed by atoms with Gasteiger partial charge in [-0.05, 0) is 117 Å². The topological polar surface area (TPSA) is 16.4 Å². The Morgan fingerprint density at radius 2 is 1.04 bits per heavy atom. The number of fused-ring (bicyclic) bond motifs is 9. The van der Waals surface area contributed by atoms with Gasteiger partial charge in [0.1, 0.15) is 5.58 Å². The lowest BCUT2D eigenvalue weighted by Crippen LogP contribution is -2.18. The van der Waals surface area contributed by atoms with Gasteiger partial charge in [0, 0.05) is 38.5 Å². The van der Waals surface area contributed by atoms with E-state index in [-0.39, 0.29) is 16.2 Å². The van der Waals surface area contributed by atoms with Crippen LogP contribution >= 0.6 is 0 Å². The molecule has 0 amide bonds. The molecule has 0 spiro atoms. The summed E-state index contributed by atoms with van der Waals surface area (Å²) in [6.07, 6.45) is 0. The van der Waals surface area contributed by atoms with Crippen LogP contribution < -0.4 is 4.90 Å². The summed E-state index contributed by atoms with van der Waals surface area (Å²) in [5.74, 6) is 0. The number of nitrogens with zero attached hydrogens (tertiary/aromatic N) is 1. The fraction of sp³-hybridized carbons (Fsp3) is 0.222. The highest BCUT2D eigenvalue weighted by Crippen LogP contribution is 2.54. The van der Waals surface area contributed by atoms with E-state index in [1.54, 1.807) is 0 Å². The number of hydrogen-bond acceptors (Lipinski definition) is 2. The van der Waals surface area contributed by atoms with E-state index in [1.807, 2.05) is 0 Å². The fourth-order valence-electron chi connectivity index (χ4n) is 10.0. The molecule has 0 saturated heterocycles. The molecule has 0 atom stereocenters. The van der Waals surface area contributed by atoms with Crippen molar-refractivity contribution in [2.24, 2.45) is 0 Å². The van der Waals surface area contributed by atoms with E-state index in [4.69, 9.17) is 4.42 Å². The first-order valence-corrected chi connectivity index (χ1v) is 20.1. The van der Waals surface area contributed by atoms with Crippen molar-refractivity contribution >= 4 is 39.0 Å². The van der Waals surface area contributed by atoms with Crippen molar-refractivity contribution in [3.8, 4) is 33.4 Å². The van der Waals surface area contributed by atoms with Crippen molar-refractivity contribution in [3.05, 3.63) is 172 Å². The van der Waals surface area contributed by atoms with E-state index in [0.29, 0.717) is 0 Å². The maximum atomic E-state index is 7.23. The molecule has 7 aromatic carbocycles. The lowest BCUT2D eigenvalue weighted by molar-refractivity contribution is 0.573. The molecule has 0 aliphatic heterocycles. The third-order valence-corrected chi connectivity index (χ3v) is 13.0. The minimum Gasteiger partial charge on any atom is -0.454 e. The summed E-state index contributed by atoms with van der Waals surface area (Å²) in [4.78, 5) is 2.48.